The van der Waals surface area contributed by atoms with Crippen molar-refractivity contribution >= 4 is 21.4 Å². The molecule has 0 spiro atoms. The van der Waals surface area contributed by atoms with Crippen LogP contribution in [0.25, 0.3) is 0 Å². The smallest absolute Gasteiger partial charge is 0.324 e. The van der Waals surface area contributed by atoms with Crippen LogP contribution in [0.4, 0.5) is 28.9 Å². The Morgan fingerprint density at radius 3 is 2.45 bits per heavy atom. The highest BCUT2D eigenvalue weighted by atomic mass is 32.2. The van der Waals surface area contributed by atoms with Crippen LogP contribution < -0.4 is 15.8 Å². The lowest BCUT2D eigenvalue weighted by Crippen LogP contribution is -2.35. The SMILES string of the molecule is CNS(=O)(=O)c1cc(N)ccc1NCC(F)(F)C(F)F. The first-order valence-electron chi connectivity index (χ1n) is 5.33. The molecule has 114 valence electrons. The van der Waals surface area contributed by atoms with Crippen molar-refractivity contribution in [2.75, 3.05) is 24.6 Å². The Balaban J connectivity index is 3.08. The lowest BCUT2D eigenvalue weighted by atomic mass is 10.2. The molecule has 0 heterocycles. The zero-order chi connectivity index (χ0) is 15.6. The van der Waals surface area contributed by atoms with Gasteiger partial charge in [-0.15, -0.1) is 0 Å². The number of halogens is 4. The molecule has 0 aliphatic heterocycles. The van der Waals surface area contributed by atoms with Crippen LogP contribution in [0, 0.1) is 0 Å². The summed E-state index contributed by atoms with van der Waals surface area (Å²) in [6.45, 7) is -1.40. The summed E-state index contributed by atoms with van der Waals surface area (Å²) in [5.41, 5.74) is 5.27. The van der Waals surface area contributed by atoms with E-state index in [9.17, 15) is 26.0 Å². The zero-order valence-electron chi connectivity index (χ0n) is 10.3. The lowest BCUT2D eigenvalue weighted by molar-refractivity contribution is -0.117. The van der Waals surface area contributed by atoms with Crippen molar-refractivity contribution in [1.82, 2.24) is 4.72 Å². The van der Waals surface area contributed by atoms with E-state index in [-0.39, 0.29) is 11.4 Å². The van der Waals surface area contributed by atoms with Crippen molar-refractivity contribution in [3.8, 4) is 0 Å². The Morgan fingerprint density at radius 2 is 1.95 bits per heavy atom. The molecule has 1 aromatic carbocycles. The average Bonchev–Trinajstić information content (AvgIpc) is 2.37. The van der Waals surface area contributed by atoms with Crippen molar-refractivity contribution in [3.05, 3.63) is 18.2 Å². The van der Waals surface area contributed by atoms with E-state index in [0.29, 0.717) is 0 Å². The summed E-state index contributed by atoms with van der Waals surface area (Å²) in [5, 5.41) is 2.00. The van der Waals surface area contributed by atoms with Gasteiger partial charge in [0.2, 0.25) is 10.0 Å². The molecule has 0 fully saturated rings. The van der Waals surface area contributed by atoms with Crippen LogP contribution in [0.15, 0.2) is 23.1 Å². The lowest BCUT2D eigenvalue weighted by Gasteiger charge is -2.18. The standard InChI is InChI=1S/C10H13F4N3O2S/c1-16-20(18,19)8-4-6(15)2-3-7(8)17-5-10(13,14)9(11)12/h2-4,9,16-17H,5,15H2,1H3. The second-order valence-corrected chi connectivity index (χ2v) is 5.73. The van der Waals surface area contributed by atoms with E-state index in [4.69, 9.17) is 5.73 Å². The molecule has 0 unspecified atom stereocenters. The molecular formula is C10H13F4N3O2S. The van der Waals surface area contributed by atoms with Gasteiger partial charge in [-0.2, -0.15) is 8.78 Å². The van der Waals surface area contributed by atoms with Crippen LogP contribution in [0.5, 0.6) is 0 Å². The van der Waals surface area contributed by atoms with Crippen LogP contribution in [-0.2, 0) is 10.0 Å². The molecule has 0 atom stereocenters. The van der Waals surface area contributed by atoms with Gasteiger partial charge < -0.3 is 11.1 Å². The average molecular weight is 315 g/mol. The number of rotatable bonds is 6. The van der Waals surface area contributed by atoms with Crippen LogP contribution >= 0.6 is 0 Å². The van der Waals surface area contributed by atoms with Crippen molar-refractivity contribution in [2.45, 2.75) is 17.2 Å². The molecule has 0 aliphatic rings. The first kappa shape index (κ1) is 16.5. The summed E-state index contributed by atoms with van der Waals surface area (Å²) >= 11 is 0. The van der Waals surface area contributed by atoms with Gasteiger partial charge in [-0.05, 0) is 25.2 Å². The normalized spacial score (nSPS) is 12.7. The first-order chi connectivity index (χ1) is 9.10. The van der Waals surface area contributed by atoms with Gasteiger partial charge in [0.1, 0.15) is 4.90 Å². The van der Waals surface area contributed by atoms with Crippen molar-refractivity contribution in [2.24, 2.45) is 0 Å². The number of nitrogens with one attached hydrogen (secondary N) is 2. The maximum atomic E-state index is 12.8. The summed E-state index contributed by atoms with van der Waals surface area (Å²) in [5.74, 6) is -4.28. The fraction of sp³-hybridized carbons (Fsp3) is 0.400. The van der Waals surface area contributed by atoms with E-state index in [1.54, 1.807) is 0 Å². The Bertz CT molecular complexity index is 578. The third kappa shape index (κ3) is 3.73. The molecule has 1 aromatic rings. The maximum absolute atomic E-state index is 12.8. The van der Waals surface area contributed by atoms with Gasteiger partial charge >= 0.3 is 12.3 Å². The molecule has 5 nitrogen and oxygen atoms in total. The maximum Gasteiger partial charge on any atom is 0.324 e. The minimum absolute atomic E-state index is 0.0880. The number of sulfonamides is 1. The number of benzene rings is 1. The Kier molecular flexibility index (Phi) is 4.81. The first-order valence-corrected chi connectivity index (χ1v) is 6.81. The molecular weight excluding hydrogens is 302 g/mol. The van der Waals surface area contributed by atoms with Gasteiger partial charge in [-0.1, -0.05) is 0 Å². The minimum Gasteiger partial charge on any atom is -0.399 e. The molecule has 0 radical (unpaired) electrons. The van der Waals surface area contributed by atoms with E-state index >= 15 is 0 Å². The van der Waals surface area contributed by atoms with Gasteiger partial charge in [-0.3, -0.25) is 0 Å². The van der Waals surface area contributed by atoms with Gasteiger partial charge in [0.15, 0.2) is 0 Å². The molecule has 0 aromatic heterocycles. The van der Waals surface area contributed by atoms with Crippen molar-refractivity contribution < 1.29 is 26.0 Å². The van der Waals surface area contributed by atoms with Crippen LogP contribution in [0.3, 0.4) is 0 Å². The Morgan fingerprint density at radius 1 is 1.35 bits per heavy atom. The predicted molar refractivity (Wildman–Crippen MR) is 66.5 cm³/mol. The van der Waals surface area contributed by atoms with E-state index in [1.165, 1.54) is 6.07 Å². The molecule has 4 N–H and O–H groups in total. The summed E-state index contributed by atoms with van der Waals surface area (Å²) in [7, 11) is -2.84. The Hall–Kier alpha value is -1.55. The summed E-state index contributed by atoms with van der Waals surface area (Å²) in [6, 6.07) is 3.42. The van der Waals surface area contributed by atoms with Gasteiger partial charge in [-0.25, -0.2) is 21.9 Å². The highest BCUT2D eigenvalue weighted by Crippen LogP contribution is 2.27. The minimum atomic E-state index is -4.28. The van der Waals surface area contributed by atoms with E-state index in [0.717, 1.165) is 19.2 Å². The van der Waals surface area contributed by atoms with Crippen LogP contribution in [0.2, 0.25) is 0 Å². The van der Waals surface area contributed by atoms with E-state index in [2.05, 4.69) is 0 Å². The highest BCUT2D eigenvalue weighted by molar-refractivity contribution is 7.89. The second kappa shape index (κ2) is 5.83. The number of hydrogen-bond acceptors (Lipinski definition) is 4. The fourth-order valence-corrected chi connectivity index (χ4v) is 2.25. The third-order valence-electron chi connectivity index (χ3n) is 2.40. The van der Waals surface area contributed by atoms with Gasteiger partial charge in [0.05, 0.1) is 12.2 Å². The molecule has 0 saturated heterocycles. The van der Waals surface area contributed by atoms with E-state index in [1.807, 2.05) is 10.0 Å². The molecule has 0 saturated carbocycles. The number of hydrogen-bond donors (Lipinski definition) is 3. The van der Waals surface area contributed by atoms with Gasteiger partial charge in [0, 0.05) is 5.69 Å². The molecule has 1 rings (SSSR count). The van der Waals surface area contributed by atoms with Crippen molar-refractivity contribution in [1.29, 1.82) is 0 Å². The summed E-state index contributed by atoms with van der Waals surface area (Å²) in [4.78, 5) is -0.398. The van der Waals surface area contributed by atoms with Crippen LogP contribution in [-0.4, -0.2) is 34.4 Å². The second-order valence-electron chi connectivity index (χ2n) is 3.88. The number of nitrogens with two attached hydrogens (primary N) is 1. The predicted octanol–water partition coefficient (Wildman–Crippen LogP) is 1.49. The van der Waals surface area contributed by atoms with Gasteiger partial charge in [0.25, 0.3) is 0 Å². The van der Waals surface area contributed by atoms with Crippen molar-refractivity contribution in [3.63, 3.8) is 0 Å². The molecule has 0 bridgehead atoms. The topological polar surface area (TPSA) is 84.2 Å². The number of alkyl halides is 4. The summed E-state index contributed by atoms with van der Waals surface area (Å²) in [6.07, 6.45) is -3.85. The quantitative estimate of drug-likeness (QED) is 0.548. The molecule has 0 amide bonds. The molecule has 10 heteroatoms. The highest BCUT2D eigenvalue weighted by Gasteiger charge is 2.40. The molecule has 0 aliphatic carbocycles. The Labute approximate surface area is 113 Å². The van der Waals surface area contributed by atoms with Crippen LogP contribution in [0.1, 0.15) is 0 Å². The zero-order valence-corrected chi connectivity index (χ0v) is 11.1. The number of nitrogen functional groups attached to an aromatic ring is 1. The van der Waals surface area contributed by atoms with E-state index < -0.39 is 33.8 Å². The monoisotopic (exact) mass is 315 g/mol. The number of anilines is 2. The largest absolute Gasteiger partial charge is 0.399 e. The molecule has 20 heavy (non-hydrogen) atoms. The third-order valence-corrected chi connectivity index (χ3v) is 3.85. The fourth-order valence-electron chi connectivity index (χ4n) is 1.31. The summed E-state index contributed by atoms with van der Waals surface area (Å²) < 4.78 is 75.1.